The molecule has 2 amide bonds. The van der Waals surface area contributed by atoms with Gasteiger partial charge in [0, 0.05) is 11.8 Å². The van der Waals surface area contributed by atoms with E-state index in [2.05, 4.69) is 15.5 Å². The first-order chi connectivity index (χ1) is 9.45. The third kappa shape index (κ3) is 4.10. The molecular weight excluding hydrogens is 270 g/mol. The van der Waals surface area contributed by atoms with Crippen molar-refractivity contribution >= 4 is 23.4 Å². The van der Waals surface area contributed by atoms with Crippen molar-refractivity contribution < 1.29 is 19.2 Å². The van der Waals surface area contributed by atoms with Crippen molar-refractivity contribution in [2.24, 2.45) is 11.6 Å². The minimum absolute atomic E-state index is 0.0286. The van der Waals surface area contributed by atoms with Crippen LogP contribution in [-0.4, -0.2) is 30.1 Å². The van der Waals surface area contributed by atoms with Crippen molar-refractivity contribution in [1.82, 2.24) is 5.32 Å². The maximum Gasteiger partial charge on any atom is 0.404 e. The van der Waals surface area contributed by atoms with Gasteiger partial charge < -0.3 is 21.2 Å². The zero-order chi connectivity index (χ0) is 15.1. The monoisotopic (exact) mass is 283 g/mol. The zero-order valence-electron chi connectivity index (χ0n) is 10.3. The predicted molar refractivity (Wildman–Crippen MR) is 68.8 cm³/mol. The summed E-state index contributed by atoms with van der Waals surface area (Å²) in [6, 6.07) is 3.76. The summed E-state index contributed by atoms with van der Waals surface area (Å²) in [5.74, 6) is 4.48. The first-order valence-corrected chi connectivity index (χ1v) is 5.41. The number of hydrogen-bond donors (Lipinski definition) is 4. The van der Waals surface area contributed by atoms with Crippen molar-refractivity contribution in [2.75, 3.05) is 18.6 Å². The number of primary amides is 1. The fourth-order valence-electron chi connectivity index (χ4n) is 1.38. The molecule has 0 unspecified atom stereocenters. The van der Waals surface area contributed by atoms with Crippen LogP contribution in [0.5, 0.6) is 0 Å². The summed E-state index contributed by atoms with van der Waals surface area (Å²) in [5.41, 5.74) is 6.83. The van der Waals surface area contributed by atoms with E-state index in [1.165, 1.54) is 12.1 Å². The van der Waals surface area contributed by atoms with Crippen LogP contribution in [0.15, 0.2) is 18.2 Å². The largest absolute Gasteiger partial charge is 0.448 e. The van der Waals surface area contributed by atoms with Crippen LogP contribution in [-0.2, 0) is 4.74 Å². The van der Waals surface area contributed by atoms with Gasteiger partial charge in [-0.05, 0) is 12.1 Å². The number of nitrogens with two attached hydrogens (primary N) is 2. The van der Waals surface area contributed by atoms with Crippen LogP contribution in [0.4, 0.5) is 16.2 Å². The Labute approximate surface area is 113 Å². The Morgan fingerprint density at radius 2 is 2.10 bits per heavy atom. The van der Waals surface area contributed by atoms with Crippen LogP contribution >= 0.6 is 0 Å². The van der Waals surface area contributed by atoms with E-state index in [0.29, 0.717) is 5.69 Å². The van der Waals surface area contributed by atoms with Gasteiger partial charge in [0.25, 0.3) is 11.6 Å². The Morgan fingerprint density at radius 1 is 1.40 bits per heavy atom. The van der Waals surface area contributed by atoms with Gasteiger partial charge in [0.2, 0.25) is 0 Å². The molecule has 0 aliphatic rings. The van der Waals surface area contributed by atoms with Gasteiger partial charge in [0.15, 0.2) is 0 Å². The highest BCUT2D eigenvalue weighted by Crippen LogP contribution is 2.22. The Morgan fingerprint density at radius 3 is 2.65 bits per heavy atom. The normalized spacial score (nSPS) is 9.65. The van der Waals surface area contributed by atoms with Gasteiger partial charge in [-0.25, -0.2) is 4.79 Å². The predicted octanol–water partition coefficient (Wildman–Crippen LogP) is -0.294. The molecule has 0 aliphatic heterocycles. The van der Waals surface area contributed by atoms with Crippen LogP contribution < -0.4 is 22.3 Å². The second-order valence-electron chi connectivity index (χ2n) is 3.56. The molecule has 20 heavy (non-hydrogen) atoms. The summed E-state index contributed by atoms with van der Waals surface area (Å²) in [5, 5.41) is 13.2. The smallest absolute Gasteiger partial charge is 0.404 e. The molecular formula is C10H13N5O5. The van der Waals surface area contributed by atoms with E-state index in [0.717, 1.165) is 6.07 Å². The van der Waals surface area contributed by atoms with Gasteiger partial charge in [-0.15, -0.1) is 0 Å². The lowest BCUT2D eigenvalue weighted by Gasteiger charge is -2.07. The fraction of sp³-hybridized carbons (Fsp3) is 0.200. The third-order valence-electron chi connectivity index (χ3n) is 2.24. The molecule has 1 aromatic rings. The molecule has 0 heterocycles. The lowest BCUT2D eigenvalue weighted by atomic mass is 10.1. The van der Waals surface area contributed by atoms with Crippen LogP contribution in [0.3, 0.4) is 0 Å². The molecule has 0 spiro atoms. The van der Waals surface area contributed by atoms with Crippen molar-refractivity contribution in [2.45, 2.75) is 0 Å². The fourth-order valence-corrected chi connectivity index (χ4v) is 1.38. The van der Waals surface area contributed by atoms with Crippen LogP contribution in [0.2, 0.25) is 0 Å². The quantitative estimate of drug-likeness (QED) is 0.241. The molecule has 0 bridgehead atoms. The number of carbonyl (C=O) groups is 2. The number of amides is 2. The van der Waals surface area contributed by atoms with Gasteiger partial charge in [-0.1, -0.05) is 0 Å². The maximum absolute atomic E-state index is 11.8. The average molecular weight is 283 g/mol. The average Bonchev–Trinajstić information content (AvgIpc) is 2.42. The second-order valence-corrected chi connectivity index (χ2v) is 3.56. The summed E-state index contributed by atoms with van der Waals surface area (Å²) in [4.78, 5) is 32.3. The molecule has 0 saturated carbocycles. The summed E-state index contributed by atoms with van der Waals surface area (Å²) < 4.78 is 4.41. The van der Waals surface area contributed by atoms with Gasteiger partial charge in [-0.2, -0.15) is 0 Å². The topological polar surface area (TPSA) is 163 Å². The van der Waals surface area contributed by atoms with E-state index in [1.54, 1.807) is 0 Å². The highest BCUT2D eigenvalue weighted by Gasteiger charge is 2.20. The van der Waals surface area contributed by atoms with E-state index in [1.807, 2.05) is 0 Å². The molecule has 0 fully saturated rings. The number of rotatable bonds is 6. The molecule has 6 N–H and O–H groups in total. The summed E-state index contributed by atoms with van der Waals surface area (Å²) >= 11 is 0. The lowest BCUT2D eigenvalue weighted by Crippen LogP contribution is -2.29. The number of ether oxygens (including phenoxy) is 1. The Hall–Kier alpha value is -2.88. The van der Waals surface area contributed by atoms with Crippen LogP contribution in [0, 0.1) is 10.1 Å². The molecule has 0 aliphatic carbocycles. The molecule has 1 rings (SSSR count). The SMILES string of the molecule is NNc1ccc([N+](=O)[O-])c(C(=O)NCCOC(N)=O)c1. The van der Waals surface area contributed by atoms with Gasteiger partial charge >= 0.3 is 6.09 Å². The number of carbonyl (C=O) groups excluding carboxylic acids is 2. The van der Waals surface area contributed by atoms with Crippen molar-refractivity contribution in [3.63, 3.8) is 0 Å². The first kappa shape index (κ1) is 15.2. The summed E-state index contributed by atoms with van der Waals surface area (Å²) in [7, 11) is 0. The molecule has 0 aromatic heterocycles. The minimum Gasteiger partial charge on any atom is -0.448 e. The standard InChI is InChI=1S/C10H13N5O5/c11-10(17)20-4-3-13-9(16)7-5-6(14-12)1-2-8(7)15(18)19/h1-2,5,14H,3-4,12H2,(H2,11,17)(H,13,16). The number of nitro groups is 1. The van der Waals surface area contributed by atoms with Crippen molar-refractivity contribution in [3.8, 4) is 0 Å². The highest BCUT2D eigenvalue weighted by molar-refractivity contribution is 5.99. The molecule has 108 valence electrons. The molecule has 1 aromatic carbocycles. The number of benzene rings is 1. The van der Waals surface area contributed by atoms with Crippen LogP contribution in [0.25, 0.3) is 0 Å². The van der Waals surface area contributed by atoms with E-state index in [9.17, 15) is 19.7 Å². The Balaban J connectivity index is 2.79. The number of nitrogens with zero attached hydrogens (tertiary/aromatic N) is 1. The van der Waals surface area contributed by atoms with E-state index >= 15 is 0 Å². The zero-order valence-corrected chi connectivity index (χ0v) is 10.3. The van der Waals surface area contributed by atoms with E-state index in [-0.39, 0.29) is 24.4 Å². The Bertz CT molecular complexity index is 533. The van der Waals surface area contributed by atoms with E-state index in [4.69, 9.17) is 11.6 Å². The van der Waals surface area contributed by atoms with Gasteiger partial charge in [-0.3, -0.25) is 20.8 Å². The second kappa shape index (κ2) is 6.89. The molecule has 10 nitrogen and oxygen atoms in total. The number of hydrogen-bond acceptors (Lipinski definition) is 7. The van der Waals surface area contributed by atoms with Crippen molar-refractivity contribution in [3.05, 3.63) is 33.9 Å². The number of nitrogen functional groups attached to an aromatic ring is 1. The third-order valence-corrected chi connectivity index (χ3v) is 2.24. The number of nitro benzene ring substituents is 1. The molecule has 0 saturated heterocycles. The number of anilines is 1. The lowest BCUT2D eigenvalue weighted by molar-refractivity contribution is -0.385. The highest BCUT2D eigenvalue weighted by atomic mass is 16.6. The van der Waals surface area contributed by atoms with Gasteiger partial charge in [0.05, 0.1) is 11.5 Å². The van der Waals surface area contributed by atoms with Crippen molar-refractivity contribution in [1.29, 1.82) is 0 Å². The maximum atomic E-state index is 11.8. The van der Waals surface area contributed by atoms with Crippen LogP contribution in [0.1, 0.15) is 10.4 Å². The van der Waals surface area contributed by atoms with E-state index < -0.39 is 16.9 Å². The number of nitrogens with one attached hydrogen (secondary N) is 2. The summed E-state index contributed by atoms with van der Waals surface area (Å²) in [6.07, 6.45) is -0.973. The molecule has 0 atom stereocenters. The first-order valence-electron chi connectivity index (χ1n) is 5.41. The minimum atomic E-state index is -0.973. The summed E-state index contributed by atoms with van der Waals surface area (Å²) in [6.45, 7) is -0.164. The molecule has 0 radical (unpaired) electrons. The van der Waals surface area contributed by atoms with Gasteiger partial charge in [0.1, 0.15) is 12.2 Å². The molecule has 10 heteroatoms. The Kier molecular flexibility index (Phi) is 5.23. The number of hydrazine groups is 1.